The Balaban J connectivity index is 1.51. The minimum Gasteiger partial charge on any atom is -0.462 e. The van der Waals surface area contributed by atoms with E-state index in [0.29, 0.717) is 17.6 Å². The number of fused-ring (bicyclic) bond motifs is 1. The zero-order chi connectivity index (χ0) is 18.9. The van der Waals surface area contributed by atoms with E-state index in [-0.39, 0.29) is 5.97 Å². The standard InChI is InChI=1S/C25H28O2/c1-3-27-24(26)21-6-4-19(5-7-21)16-18(2)22-9-8-20-10-12-25(14-15-25)13-11-23(20)17-22/h4-9,16-17H,3,10-15H2,1-2H3/b18-16+. The highest BCUT2D eigenvalue weighted by Gasteiger charge is 2.42. The lowest BCUT2D eigenvalue weighted by atomic mass is 9.96. The van der Waals surface area contributed by atoms with Crippen molar-refractivity contribution in [2.24, 2.45) is 5.41 Å². The van der Waals surface area contributed by atoms with Crippen molar-refractivity contribution in [2.75, 3.05) is 6.61 Å². The summed E-state index contributed by atoms with van der Waals surface area (Å²) in [6.07, 6.45) is 10.3. The maximum atomic E-state index is 11.8. The summed E-state index contributed by atoms with van der Waals surface area (Å²) in [5, 5.41) is 0. The molecule has 0 unspecified atom stereocenters. The quantitative estimate of drug-likeness (QED) is 0.488. The van der Waals surface area contributed by atoms with E-state index in [1.54, 1.807) is 11.1 Å². The Bertz CT molecular complexity index is 870. The third kappa shape index (κ3) is 4.00. The minimum atomic E-state index is -0.260. The van der Waals surface area contributed by atoms with Crippen molar-refractivity contribution in [3.05, 3.63) is 70.3 Å². The lowest BCUT2D eigenvalue weighted by Gasteiger charge is -2.10. The van der Waals surface area contributed by atoms with Crippen LogP contribution in [-0.4, -0.2) is 12.6 Å². The van der Waals surface area contributed by atoms with Crippen LogP contribution in [0.4, 0.5) is 0 Å². The number of benzene rings is 2. The van der Waals surface area contributed by atoms with Gasteiger partial charge in [-0.05, 0) is 97.7 Å². The second-order valence-corrected chi connectivity index (χ2v) is 8.15. The van der Waals surface area contributed by atoms with Gasteiger partial charge < -0.3 is 4.74 Å². The number of hydrogen-bond donors (Lipinski definition) is 0. The molecule has 2 nitrogen and oxygen atoms in total. The SMILES string of the molecule is CCOC(=O)c1ccc(/C=C(\C)c2ccc3c(c2)CCC2(CC3)CC2)cc1. The molecule has 0 N–H and O–H groups in total. The summed E-state index contributed by atoms with van der Waals surface area (Å²) in [5.41, 5.74) is 8.04. The van der Waals surface area contributed by atoms with Gasteiger partial charge in [-0.1, -0.05) is 36.4 Å². The molecule has 2 heteroatoms. The van der Waals surface area contributed by atoms with Crippen LogP contribution in [0.15, 0.2) is 42.5 Å². The van der Waals surface area contributed by atoms with Crippen LogP contribution in [-0.2, 0) is 17.6 Å². The van der Waals surface area contributed by atoms with Crippen LogP contribution in [0.2, 0.25) is 0 Å². The van der Waals surface area contributed by atoms with Gasteiger partial charge in [0.1, 0.15) is 0 Å². The van der Waals surface area contributed by atoms with Gasteiger partial charge in [-0.15, -0.1) is 0 Å². The van der Waals surface area contributed by atoms with Crippen molar-refractivity contribution in [1.29, 1.82) is 0 Å². The highest BCUT2D eigenvalue weighted by Crippen LogP contribution is 2.54. The number of esters is 1. The molecule has 140 valence electrons. The first kappa shape index (κ1) is 18.0. The normalized spacial score (nSPS) is 17.9. The molecular formula is C25H28O2. The van der Waals surface area contributed by atoms with Crippen molar-refractivity contribution in [1.82, 2.24) is 0 Å². The minimum absolute atomic E-state index is 0.260. The Morgan fingerprint density at radius 3 is 2.30 bits per heavy atom. The van der Waals surface area contributed by atoms with Crippen LogP contribution in [0, 0.1) is 5.41 Å². The zero-order valence-corrected chi connectivity index (χ0v) is 16.4. The number of rotatable bonds is 4. The van der Waals surface area contributed by atoms with E-state index in [1.165, 1.54) is 49.7 Å². The van der Waals surface area contributed by atoms with E-state index in [4.69, 9.17) is 4.74 Å². The maximum Gasteiger partial charge on any atom is 0.338 e. The van der Waals surface area contributed by atoms with Crippen LogP contribution in [0.1, 0.15) is 72.1 Å². The van der Waals surface area contributed by atoms with Gasteiger partial charge in [0, 0.05) is 0 Å². The van der Waals surface area contributed by atoms with Gasteiger partial charge in [-0.3, -0.25) is 0 Å². The Kier molecular flexibility index (Phi) is 4.90. The Labute approximate surface area is 162 Å². The van der Waals surface area contributed by atoms with Crippen molar-refractivity contribution in [3.63, 3.8) is 0 Å². The first-order valence-electron chi connectivity index (χ1n) is 10.2. The van der Waals surface area contributed by atoms with Crippen molar-refractivity contribution < 1.29 is 9.53 Å². The molecule has 27 heavy (non-hydrogen) atoms. The third-order valence-corrected chi connectivity index (χ3v) is 6.27. The molecule has 2 aromatic carbocycles. The molecule has 0 amide bonds. The van der Waals surface area contributed by atoms with E-state index in [2.05, 4.69) is 31.2 Å². The molecule has 0 heterocycles. The number of hydrogen-bond acceptors (Lipinski definition) is 2. The van der Waals surface area contributed by atoms with Crippen molar-refractivity contribution >= 4 is 17.6 Å². The molecule has 2 aromatic rings. The van der Waals surface area contributed by atoms with Crippen LogP contribution in [0.25, 0.3) is 11.6 Å². The van der Waals surface area contributed by atoms with E-state index in [9.17, 15) is 4.79 Å². The van der Waals surface area contributed by atoms with Gasteiger partial charge in [0.2, 0.25) is 0 Å². The Hall–Kier alpha value is -2.35. The smallest absolute Gasteiger partial charge is 0.338 e. The largest absolute Gasteiger partial charge is 0.462 e. The fourth-order valence-electron chi connectivity index (χ4n) is 4.21. The van der Waals surface area contributed by atoms with Crippen molar-refractivity contribution in [2.45, 2.75) is 52.4 Å². The van der Waals surface area contributed by atoms with Gasteiger partial charge in [0.05, 0.1) is 12.2 Å². The summed E-state index contributed by atoms with van der Waals surface area (Å²) < 4.78 is 5.05. The summed E-state index contributed by atoms with van der Waals surface area (Å²) >= 11 is 0. The summed E-state index contributed by atoms with van der Waals surface area (Å²) in [4.78, 5) is 11.8. The van der Waals surface area contributed by atoms with E-state index in [0.717, 1.165) is 5.56 Å². The molecule has 1 spiro atoms. The Morgan fingerprint density at radius 2 is 1.63 bits per heavy atom. The summed E-state index contributed by atoms with van der Waals surface area (Å²) in [7, 11) is 0. The van der Waals surface area contributed by atoms with E-state index < -0.39 is 0 Å². The zero-order valence-electron chi connectivity index (χ0n) is 16.4. The fraction of sp³-hybridized carbons (Fsp3) is 0.400. The molecule has 0 radical (unpaired) electrons. The van der Waals surface area contributed by atoms with Crippen molar-refractivity contribution in [3.8, 4) is 0 Å². The van der Waals surface area contributed by atoms with Gasteiger partial charge in [0.15, 0.2) is 0 Å². The molecule has 2 aliphatic rings. The number of carbonyl (C=O) groups excluding carboxylic acids is 1. The van der Waals surface area contributed by atoms with Gasteiger partial charge in [-0.25, -0.2) is 4.79 Å². The highest BCUT2D eigenvalue weighted by atomic mass is 16.5. The van der Waals surface area contributed by atoms with Crippen LogP contribution in [0.3, 0.4) is 0 Å². The molecule has 1 saturated carbocycles. The number of ether oxygens (including phenoxy) is 1. The lowest BCUT2D eigenvalue weighted by Crippen LogP contribution is -2.03. The predicted molar refractivity (Wildman–Crippen MR) is 111 cm³/mol. The van der Waals surface area contributed by atoms with Crippen LogP contribution >= 0.6 is 0 Å². The number of allylic oxidation sites excluding steroid dienone is 1. The Morgan fingerprint density at radius 1 is 0.963 bits per heavy atom. The monoisotopic (exact) mass is 360 g/mol. The van der Waals surface area contributed by atoms with E-state index in [1.807, 2.05) is 31.2 Å². The second-order valence-electron chi connectivity index (χ2n) is 8.15. The molecule has 0 aliphatic heterocycles. The molecule has 0 bridgehead atoms. The molecule has 0 saturated heterocycles. The predicted octanol–water partition coefficient (Wildman–Crippen LogP) is 6.08. The number of aryl methyl sites for hydroxylation is 2. The molecular weight excluding hydrogens is 332 g/mol. The van der Waals surface area contributed by atoms with E-state index >= 15 is 0 Å². The first-order valence-corrected chi connectivity index (χ1v) is 10.2. The maximum absolute atomic E-state index is 11.8. The fourth-order valence-corrected chi connectivity index (χ4v) is 4.21. The number of carbonyl (C=O) groups is 1. The molecule has 0 aromatic heterocycles. The first-order chi connectivity index (χ1) is 13.1. The second kappa shape index (κ2) is 7.34. The topological polar surface area (TPSA) is 26.3 Å². The molecule has 0 atom stereocenters. The summed E-state index contributed by atoms with van der Waals surface area (Å²) in [5.74, 6) is -0.260. The van der Waals surface area contributed by atoms with Gasteiger partial charge in [-0.2, -0.15) is 0 Å². The van der Waals surface area contributed by atoms with Crippen LogP contribution < -0.4 is 0 Å². The third-order valence-electron chi connectivity index (χ3n) is 6.27. The van der Waals surface area contributed by atoms with Gasteiger partial charge in [0.25, 0.3) is 0 Å². The van der Waals surface area contributed by atoms with Crippen LogP contribution in [0.5, 0.6) is 0 Å². The molecule has 1 fully saturated rings. The molecule has 4 rings (SSSR count). The average molecular weight is 360 g/mol. The lowest BCUT2D eigenvalue weighted by molar-refractivity contribution is 0.0526. The van der Waals surface area contributed by atoms with Gasteiger partial charge >= 0.3 is 5.97 Å². The summed E-state index contributed by atoms with van der Waals surface area (Å²) in [6.45, 7) is 4.39. The highest BCUT2D eigenvalue weighted by molar-refractivity contribution is 5.90. The summed E-state index contributed by atoms with van der Waals surface area (Å²) in [6, 6.07) is 14.6. The molecule has 2 aliphatic carbocycles. The average Bonchev–Trinajstić information content (AvgIpc) is 3.48.